The first kappa shape index (κ1) is 10.4. The van der Waals surface area contributed by atoms with Crippen LogP contribution in [0.1, 0.15) is 18.9 Å². The SMILES string of the molecule is CCCc1cccc2c1OCC(C=S)N2. The first-order valence-corrected chi connectivity index (χ1v) is 5.78. The van der Waals surface area contributed by atoms with Crippen LogP contribution in [0, 0.1) is 0 Å². The number of fused-ring (bicyclic) bond motifs is 1. The van der Waals surface area contributed by atoms with Gasteiger partial charge in [0.05, 0.1) is 11.7 Å². The monoisotopic (exact) mass is 221 g/mol. The molecule has 0 spiro atoms. The third-order valence-electron chi connectivity index (χ3n) is 2.53. The van der Waals surface area contributed by atoms with Crippen LogP contribution in [-0.4, -0.2) is 18.0 Å². The van der Waals surface area contributed by atoms with Gasteiger partial charge in [0, 0.05) is 5.37 Å². The van der Waals surface area contributed by atoms with Crippen molar-refractivity contribution in [2.75, 3.05) is 11.9 Å². The minimum absolute atomic E-state index is 0.157. The van der Waals surface area contributed by atoms with Crippen LogP contribution < -0.4 is 10.1 Å². The van der Waals surface area contributed by atoms with E-state index in [0.29, 0.717) is 6.61 Å². The molecule has 0 aliphatic carbocycles. The van der Waals surface area contributed by atoms with E-state index in [1.54, 1.807) is 5.37 Å². The Morgan fingerprint density at radius 2 is 2.47 bits per heavy atom. The van der Waals surface area contributed by atoms with Gasteiger partial charge in [0.1, 0.15) is 12.4 Å². The average Bonchev–Trinajstić information content (AvgIpc) is 2.29. The smallest absolute Gasteiger partial charge is 0.145 e. The quantitative estimate of drug-likeness (QED) is 0.793. The van der Waals surface area contributed by atoms with Crippen LogP contribution in [0.5, 0.6) is 5.75 Å². The molecule has 1 unspecified atom stereocenters. The Kier molecular flexibility index (Phi) is 3.21. The molecule has 80 valence electrons. The Labute approximate surface area is 95.6 Å². The molecule has 0 saturated carbocycles. The van der Waals surface area contributed by atoms with Crippen molar-refractivity contribution in [2.45, 2.75) is 25.8 Å². The van der Waals surface area contributed by atoms with Gasteiger partial charge in [0.15, 0.2) is 0 Å². The van der Waals surface area contributed by atoms with Gasteiger partial charge < -0.3 is 10.1 Å². The summed E-state index contributed by atoms with van der Waals surface area (Å²) >= 11 is 4.92. The number of benzene rings is 1. The number of ether oxygens (including phenoxy) is 1. The predicted molar refractivity (Wildman–Crippen MR) is 67.0 cm³/mol. The molecule has 1 aromatic carbocycles. The summed E-state index contributed by atoms with van der Waals surface area (Å²) in [5.41, 5.74) is 2.35. The fourth-order valence-electron chi connectivity index (χ4n) is 1.82. The van der Waals surface area contributed by atoms with E-state index in [1.165, 1.54) is 5.56 Å². The van der Waals surface area contributed by atoms with Crippen molar-refractivity contribution in [3.63, 3.8) is 0 Å². The third-order valence-corrected chi connectivity index (χ3v) is 2.86. The van der Waals surface area contributed by atoms with E-state index in [1.807, 2.05) is 6.07 Å². The van der Waals surface area contributed by atoms with Crippen LogP contribution >= 0.6 is 12.2 Å². The van der Waals surface area contributed by atoms with E-state index < -0.39 is 0 Å². The summed E-state index contributed by atoms with van der Waals surface area (Å²) in [6.07, 6.45) is 2.20. The van der Waals surface area contributed by atoms with E-state index in [-0.39, 0.29) is 6.04 Å². The lowest BCUT2D eigenvalue weighted by Gasteiger charge is -2.26. The fraction of sp³-hybridized carbons (Fsp3) is 0.417. The van der Waals surface area contributed by atoms with Crippen LogP contribution in [0.3, 0.4) is 0 Å². The first-order chi connectivity index (χ1) is 7.35. The number of hydrogen-bond acceptors (Lipinski definition) is 3. The molecule has 0 radical (unpaired) electrons. The molecule has 2 rings (SSSR count). The van der Waals surface area contributed by atoms with Gasteiger partial charge in [-0.1, -0.05) is 37.7 Å². The third kappa shape index (κ3) is 2.12. The van der Waals surface area contributed by atoms with Gasteiger partial charge in [-0.05, 0) is 18.1 Å². The van der Waals surface area contributed by atoms with E-state index in [4.69, 9.17) is 17.0 Å². The van der Waals surface area contributed by atoms with Crippen molar-refractivity contribution >= 4 is 23.3 Å². The molecule has 1 aliphatic rings. The molecule has 0 fully saturated rings. The maximum absolute atomic E-state index is 5.75. The van der Waals surface area contributed by atoms with E-state index in [2.05, 4.69) is 24.4 Å². The highest BCUT2D eigenvalue weighted by Crippen LogP contribution is 2.33. The summed E-state index contributed by atoms with van der Waals surface area (Å²) in [6.45, 7) is 2.81. The van der Waals surface area contributed by atoms with Gasteiger partial charge in [-0.2, -0.15) is 0 Å². The molecule has 3 heteroatoms. The molecule has 1 aromatic rings. The minimum atomic E-state index is 0.157. The highest BCUT2D eigenvalue weighted by atomic mass is 32.1. The number of aryl methyl sites for hydroxylation is 1. The molecule has 0 aromatic heterocycles. The zero-order valence-corrected chi connectivity index (χ0v) is 9.64. The van der Waals surface area contributed by atoms with E-state index >= 15 is 0 Å². The molecular weight excluding hydrogens is 206 g/mol. The maximum Gasteiger partial charge on any atom is 0.145 e. The summed E-state index contributed by atoms with van der Waals surface area (Å²) in [4.78, 5) is 0. The van der Waals surface area contributed by atoms with Gasteiger partial charge in [0.2, 0.25) is 0 Å². The van der Waals surface area contributed by atoms with Crippen molar-refractivity contribution in [2.24, 2.45) is 0 Å². The molecular formula is C12H15NOS. The molecule has 2 nitrogen and oxygen atoms in total. The second-order valence-corrected chi connectivity index (χ2v) is 4.01. The highest BCUT2D eigenvalue weighted by Gasteiger charge is 2.18. The lowest BCUT2D eigenvalue weighted by atomic mass is 10.1. The zero-order chi connectivity index (χ0) is 10.7. The van der Waals surface area contributed by atoms with Gasteiger partial charge in [0.25, 0.3) is 0 Å². The molecule has 0 saturated heterocycles. The molecule has 1 heterocycles. The van der Waals surface area contributed by atoms with Crippen molar-refractivity contribution < 1.29 is 4.74 Å². The molecule has 15 heavy (non-hydrogen) atoms. The van der Waals surface area contributed by atoms with Crippen molar-refractivity contribution in [3.05, 3.63) is 23.8 Å². The summed E-state index contributed by atoms with van der Waals surface area (Å²) in [5.74, 6) is 1.01. The summed E-state index contributed by atoms with van der Waals surface area (Å²) in [5, 5.41) is 5.08. The molecule has 0 bridgehead atoms. The zero-order valence-electron chi connectivity index (χ0n) is 8.82. The lowest BCUT2D eigenvalue weighted by molar-refractivity contribution is 0.306. The summed E-state index contributed by atoms with van der Waals surface area (Å²) < 4.78 is 5.75. The molecule has 1 aliphatic heterocycles. The van der Waals surface area contributed by atoms with Crippen LogP contribution in [0.2, 0.25) is 0 Å². The van der Waals surface area contributed by atoms with Crippen LogP contribution in [0.25, 0.3) is 0 Å². The Hall–Kier alpha value is -1.09. The average molecular weight is 221 g/mol. The van der Waals surface area contributed by atoms with Gasteiger partial charge in [-0.25, -0.2) is 0 Å². The minimum Gasteiger partial charge on any atom is -0.489 e. The standard InChI is InChI=1S/C12H15NOS/c1-2-4-9-5-3-6-11-12(9)14-7-10(8-15)13-11/h3,5-6,8,10,13H,2,4,7H2,1H3. The Morgan fingerprint density at radius 3 is 3.20 bits per heavy atom. The topological polar surface area (TPSA) is 21.3 Å². The van der Waals surface area contributed by atoms with E-state index in [9.17, 15) is 0 Å². The number of hydrogen-bond donors (Lipinski definition) is 1. The Bertz CT molecular complexity index is 365. The molecule has 1 N–H and O–H groups in total. The maximum atomic E-state index is 5.75. The second-order valence-electron chi connectivity index (χ2n) is 3.74. The lowest BCUT2D eigenvalue weighted by Crippen LogP contribution is -2.32. The highest BCUT2D eigenvalue weighted by molar-refractivity contribution is 7.79. The normalized spacial score (nSPS) is 18.6. The Balaban J connectivity index is 2.29. The number of para-hydroxylation sites is 1. The fourth-order valence-corrected chi connectivity index (χ4v) is 1.97. The van der Waals surface area contributed by atoms with Crippen molar-refractivity contribution in [3.8, 4) is 5.75 Å². The van der Waals surface area contributed by atoms with E-state index in [0.717, 1.165) is 24.3 Å². The first-order valence-electron chi connectivity index (χ1n) is 5.31. The number of rotatable bonds is 3. The largest absolute Gasteiger partial charge is 0.489 e. The van der Waals surface area contributed by atoms with Crippen LogP contribution in [-0.2, 0) is 6.42 Å². The Morgan fingerprint density at radius 1 is 1.60 bits per heavy atom. The number of thiocarbonyl (C=S) groups is 1. The van der Waals surface area contributed by atoms with Crippen molar-refractivity contribution in [1.29, 1.82) is 0 Å². The van der Waals surface area contributed by atoms with Gasteiger partial charge in [-0.15, -0.1) is 0 Å². The molecule has 1 atom stereocenters. The molecule has 0 amide bonds. The summed E-state index contributed by atoms with van der Waals surface area (Å²) in [7, 11) is 0. The van der Waals surface area contributed by atoms with Gasteiger partial charge in [-0.3, -0.25) is 0 Å². The summed E-state index contributed by atoms with van der Waals surface area (Å²) in [6, 6.07) is 6.39. The van der Waals surface area contributed by atoms with Crippen LogP contribution in [0.4, 0.5) is 5.69 Å². The van der Waals surface area contributed by atoms with Crippen LogP contribution in [0.15, 0.2) is 18.2 Å². The van der Waals surface area contributed by atoms with Gasteiger partial charge >= 0.3 is 0 Å². The number of anilines is 1. The predicted octanol–water partition coefficient (Wildman–Crippen LogP) is 2.81. The number of nitrogens with one attached hydrogen (secondary N) is 1. The second kappa shape index (κ2) is 4.62. The van der Waals surface area contributed by atoms with Crippen molar-refractivity contribution in [1.82, 2.24) is 0 Å².